The first kappa shape index (κ1) is 82.7. The molecule has 0 radical (unpaired) electrons. The first-order valence-corrected chi connectivity index (χ1v) is 48.0. The fourth-order valence-corrected chi connectivity index (χ4v) is 23.7. The minimum atomic E-state index is -0.121. The molecule has 26 rings (SSSR count). The molecule has 3 nitrogen and oxygen atoms in total. The summed E-state index contributed by atoms with van der Waals surface area (Å²) >= 11 is 0. The first-order valence-electron chi connectivity index (χ1n) is 48.0. The Morgan fingerprint density at radius 3 is 1.14 bits per heavy atom. The minimum absolute atomic E-state index is 0.0807. The molecule has 0 saturated carbocycles. The van der Waals surface area contributed by atoms with Crippen molar-refractivity contribution >= 4 is 125 Å². The predicted octanol–water partition coefficient (Wildman–Crippen LogP) is 36.4. The minimum Gasteiger partial charge on any atom is -0.310 e. The van der Waals surface area contributed by atoms with Gasteiger partial charge in [0, 0.05) is 60.8 Å². The van der Waals surface area contributed by atoms with Crippen molar-refractivity contribution in [2.45, 2.75) is 116 Å². The Labute approximate surface area is 791 Å². The highest BCUT2D eigenvalue weighted by atomic mass is 15.1. The number of rotatable bonds is 8. The van der Waals surface area contributed by atoms with E-state index < -0.39 is 0 Å². The van der Waals surface area contributed by atoms with Crippen molar-refractivity contribution in [2.24, 2.45) is 0 Å². The Bertz CT molecular complexity index is 8760. The molecule has 0 fully saturated rings. The highest BCUT2D eigenvalue weighted by molar-refractivity contribution is 6.17. The lowest BCUT2D eigenvalue weighted by Gasteiger charge is -2.49. The number of para-hydroxylation sites is 3. The first-order chi connectivity index (χ1) is 65.5. The summed E-state index contributed by atoms with van der Waals surface area (Å²) in [5, 5.41) is 21.1. The Kier molecular flexibility index (Phi) is 19.1. The standard InChI is InChI=1S/2C44H35N.C44H37N/c1-43(2)39-27-31(45-40-17-11-10-16-35(40)38-26-30(19-25-41(38)45)28-12-6-5-7-13-28)20-22-34(39)37-24-23-33-32-15-9-8-14-29(32)18-21-36(33)42(37)44(43,3)4;1-43(2)38-27-32(45-39-17-11-10-16-35(39)36-23-21-31(26-40(36)45)28-12-6-5-7-13-28)22-25-34(38)37-24-20-30-19-18-29-14-8-9-15-33(29)41(30)42(37)44(43,3)4;1-43(2)40-28-27-37-36-18-12-11-15-32(36)21-25-38(37)42(40)39-26-24-35(29-41(39)44(43,3)4)45(33-16-9-6-10-17-33)34-22-19-31(20-23-34)30-13-7-5-8-14-30/h2*5-27H,1-4H3;5-29H,1-4H3. The van der Waals surface area contributed by atoms with Gasteiger partial charge in [-0.25, -0.2) is 0 Å². The van der Waals surface area contributed by atoms with E-state index >= 15 is 0 Å². The van der Waals surface area contributed by atoms with Crippen molar-refractivity contribution in [2.75, 3.05) is 4.90 Å². The van der Waals surface area contributed by atoms with Gasteiger partial charge in [0.1, 0.15) is 0 Å². The smallest absolute Gasteiger partial charge is 0.0547 e. The predicted molar refractivity (Wildman–Crippen MR) is 578 cm³/mol. The van der Waals surface area contributed by atoms with Crippen LogP contribution in [-0.4, -0.2) is 9.13 Å². The molecule has 0 spiro atoms. The molecule has 2 aromatic heterocycles. The van der Waals surface area contributed by atoms with Crippen LogP contribution in [0.2, 0.25) is 0 Å². The van der Waals surface area contributed by atoms with Gasteiger partial charge in [-0.15, -0.1) is 0 Å². The van der Waals surface area contributed by atoms with Gasteiger partial charge in [0.25, 0.3) is 0 Å². The van der Waals surface area contributed by atoms with Crippen LogP contribution in [-0.2, 0) is 32.5 Å². The fourth-order valence-electron chi connectivity index (χ4n) is 23.7. The highest BCUT2D eigenvalue weighted by Gasteiger charge is 2.50. The van der Waals surface area contributed by atoms with Gasteiger partial charge in [0.15, 0.2) is 0 Å². The highest BCUT2D eigenvalue weighted by Crippen LogP contribution is 2.61. The molecular formula is C132H107N3. The molecule has 0 aliphatic heterocycles. The van der Waals surface area contributed by atoms with Crippen LogP contribution in [0.25, 0.3) is 186 Å². The van der Waals surface area contributed by atoms with Crippen molar-refractivity contribution < 1.29 is 0 Å². The molecular weight excluding hydrogens is 1630 g/mol. The Hall–Kier alpha value is -15.4. The third kappa shape index (κ3) is 12.7. The van der Waals surface area contributed by atoms with Gasteiger partial charge in [0.05, 0.1) is 22.1 Å². The summed E-state index contributed by atoms with van der Waals surface area (Å²) < 4.78 is 4.94. The maximum absolute atomic E-state index is 2.48. The molecule has 0 amide bonds. The average molecular weight is 1740 g/mol. The van der Waals surface area contributed by atoms with E-state index in [1.54, 1.807) is 0 Å². The van der Waals surface area contributed by atoms with Crippen molar-refractivity contribution in [1.82, 2.24) is 9.13 Å². The third-order valence-electron chi connectivity index (χ3n) is 32.8. The normalized spacial score (nSPS) is 14.9. The molecule has 3 aliphatic rings. The van der Waals surface area contributed by atoms with Gasteiger partial charge in [-0.1, -0.05) is 423 Å². The van der Waals surface area contributed by atoms with Crippen molar-refractivity contribution in [3.63, 3.8) is 0 Å². The van der Waals surface area contributed by atoms with Crippen molar-refractivity contribution in [3.8, 4) is 78.1 Å². The van der Waals surface area contributed by atoms with E-state index in [-0.39, 0.29) is 32.5 Å². The van der Waals surface area contributed by atoms with Crippen LogP contribution in [0.3, 0.4) is 0 Å². The summed E-state index contributed by atoms with van der Waals surface area (Å²) in [6.45, 7) is 29.3. The Morgan fingerprint density at radius 2 is 0.533 bits per heavy atom. The number of benzene rings is 21. The van der Waals surface area contributed by atoms with Crippen LogP contribution in [0.5, 0.6) is 0 Å². The van der Waals surface area contributed by atoms with Gasteiger partial charge in [-0.05, 0) is 277 Å². The van der Waals surface area contributed by atoms with Gasteiger partial charge < -0.3 is 14.0 Å². The Morgan fingerprint density at radius 1 is 0.178 bits per heavy atom. The molecule has 135 heavy (non-hydrogen) atoms. The van der Waals surface area contributed by atoms with Crippen LogP contribution in [0.15, 0.2) is 431 Å². The second-order valence-electron chi connectivity index (χ2n) is 41.0. The van der Waals surface area contributed by atoms with E-state index in [1.165, 1.54) is 225 Å². The molecule has 650 valence electrons. The van der Waals surface area contributed by atoms with Crippen molar-refractivity contribution in [1.29, 1.82) is 0 Å². The van der Waals surface area contributed by atoms with Crippen LogP contribution in [0.4, 0.5) is 17.1 Å². The molecule has 3 aliphatic carbocycles. The maximum atomic E-state index is 2.48. The topological polar surface area (TPSA) is 13.1 Å². The van der Waals surface area contributed by atoms with Gasteiger partial charge in [0.2, 0.25) is 0 Å². The molecule has 0 N–H and O–H groups in total. The summed E-state index contributed by atoms with van der Waals surface area (Å²) in [4.78, 5) is 2.39. The van der Waals surface area contributed by atoms with Crippen LogP contribution in [0.1, 0.15) is 116 Å². The summed E-state index contributed by atoms with van der Waals surface area (Å²) in [6.07, 6.45) is 0. The Balaban J connectivity index is 0.000000111. The lowest BCUT2D eigenvalue weighted by Crippen LogP contribution is -2.43. The van der Waals surface area contributed by atoms with E-state index in [2.05, 4.69) is 528 Å². The third-order valence-corrected chi connectivity index (χ3v) is 32.8. The van der Waals surface area contributed by atoms with E-state index in [9.17, 15) is 0 Å². The molecule has 3 heteroatoms. The van der Waals surface area contributed by atoms with E-state index in [0.29, 0.717) is 0 Å². The van der Waals surface area contributed by atoms with E-state index in [4.69, 9.17) is 0 Å². The van der Waals surface area contributed by atoms with Gasteiger partial charge in [-0.2, -0.15) is 0 Å². The molecule has 23 aromatic rings. The van der Waals surface area contributed by atoms with Crippen molar-refractivity contribution in [3.05, 3.63) is 464 Å². The number of fused-ring (bicyclic) bond motifs is 27. The summed E-state index contributed by atoms with van der Waals surface area (Å²) in [5.74, 6) is 0. The summed E-state index contributed by atoms with van der Waals surface area (Å²) in [6, 6.07) is 159. The molecule has 21 aromatic carbocycles. The quantitative estimate of drug-likeness (QED) is 0.138. The zero-order chi connectivity index (χ0) is 91.8. The zero-order valence-corrected chi connectivity index (χ0v) is 78.8. The monoisotopic (exact) mass is 1730 g/mol. The summed E-state index contributed by atoms with van der Waals surface area (Å²) in [7, 11) is 0. The second-order valence-corrected chi connectivity index (χ2v) is 41.0. The molecule has 0 bridgehead atoms. The summed E-state index contributed by atoms with van der Waals surface area (Å²) in [5.41, 5.74) is 34.3. The largest absolute Gasteiger partial charge is 0.310 e. The van der Waals surface area contributed by atoms with E-state index in [0.717, 1.165) is 11.4 Å². The number of hydrogen-bond acceptors (Lipinski definition) is 1. The lowest BCUT2D eigenvalue weighted by molar-refractivity contribution is 0.299. The van der Waals surface area contributed by atoms with Crippen LogP contribution < -0.4 is 4.90 Å². The lowest BCUT2D eigenvalue weighted by atomic mass is 9.54. The molecule has 0 atom stereocenters. The van der Waals surface area contributed by atoms with Crippen LogP contribution in [0, 0.1) is 0 Å². The number of anilines is 3. The SMILES string of the molecule is CC1(C)c2cc(-n3c4ccccc4c4cc(-c5ccccc5)ccc43)ccc2-c2ccc3c(ccc4ccccc43)c2C1(C)C.CC1(C)c2cc(-n3c4ccccc4c4ccc(-c5ccccc5)cc43)ccc2-c2ccc3ccc4ccccc4c3c2C1(C)C.CC1(C)c2cc(N(c3ccccc3)c3ccc(-c4ccccc4)cc3)ccc2-c2c(ccc3c2ccc2ccccc23)C1(C)C. The van der Waals surface area contributed by atoms with Crippen LogP contribution >= 0.6 is 0 Å². The fraction of sp³-hybridized carbons (Fsp3) is 0.136. The molecule has 0 saturated heterocycles. The molecule has 0 unspecified atom stereocenters. The second kappa shape index (κ2) is 31.1. The van der Waals surface area contributed by atoms with Gasteiger partial charge >= 0.3 is 0 Å². The average Bonchev–Trinajstić information content (AvgIpc) is 1.01. The van der Waals surface area contributed by atoms with Gasteiger partial charge in [-0.3, -0.25) is 0 Å². The zero-order valence-electron chi connectivity index (χ0n) is 78.8. The molecule has 2 heterocycles. The number of aromatic nitrogens is 2. The van der Waals surface area contributed by atoms with E-state index in [1.807, 2.05) is 0 Å². The maximum Gasteiger partial charge on any atom is 0.0547 e. The number of hydrogen-bond donors (Lipinski definition) is 0. The number of nitrogens with zero attached hydrogens (tertiary/aromatic N) is 3.